The van der Waals surface area contributed by atoms with Crippen LogP contribution in [0.15, 0.2) is 0 Å². The van der Waals surface area contributed by atoms with Crippen molar-refractivity contribution in [3.05, 3.63) is 0 Å². The maximum Gasteiger partial charge on any atom is 0.146 e. The highest BCUT2D eigenvalue weighted by atomic mass is 28.3. The van der Waals surface area contributed by atoms with Crippen LogP contribution >= 0.6 is 0 Å². The van der Waals surface area contributed by atoms with Crippen LogP contribution in [0.2, 0.25) is 12.1 Å². The molecule has 0 aromatic carbocycles. The standard InChI is InChI=1S/C18H38O5Si2/c1-3-15-11-21-17(15)13-19-7-5-9-24-23-25-10-6-8-20-14-18-16(4-2)12-22-18/h15-18H,3-14,24-25H2,1-2H3. The van der Waals surface area contributed by atoms with Crippen LogP contribution in [0.4, 0.5) is 0 Å². The summed E-state index contributed by atoms with van der Waals surface area (Å²) in [6.45, 7) is 9.59. The van der Waals surface area contributed by atoms with Gasteiger partial charge in [0, 0.05) is 25.0 Å². The molecule has 4 atom stereocenters. The van der Waals surface area contributed by atoms with Crippen molar-refractivity contribution in [2.75, 3.05) is 39.6 Å². The van der Waals surface area contributed by atoms with E-state index in [0.29, 0.717) is 12.2 Å². The molecular formula is C18H38O5Si2. The second-order valence-corrected chi connectivity index (χ2v) is 11.1. The Balaban J connectivity index is 1.24. The molecule has 148 valence electrons. The first-order valence-corrected chi connectivity index (χ1v) is 13.5. The fourth-order valence-corrected chi connectivity index (χ4v) is 6.45. The highest BCUT2D eigenvalue weighted by Gasteiger charge is 2.30. The number of ether oxygens (including phenoxy) is 4. The molecule has 25 heavy (non-hydrogen) atoms. The Hall–Kier alpha value is 0.234. The average molecular weight is 391 g/mol. The molecule has 2 fully saturated rings. The predicted octanol–water partition coefficient (Wildman–Crippen LogP) is 1.67. The average Bonchev–Trinajstić information content (AvgIpc) is 2.57. The fourth-order valence-electron chi connectivity index (χ4n) is 3.18. The molecule has 0 amide bonds. The third kappa shape index (κ3) is 8.20. The Labute approximate surface area is 158 Å². The monoisotopic (exact) mass is 390 g/mol. The Bertz CT molecular complexity index is 301. The minimum atomic E-state index is -0.310. The second kappa shape index (κ2) is 13.4. The van der Waals surface area contributed by atoms with Crippen molar-refractivity contribution in [3.63, 3.8) is 0 Å². The van der Waals surface area contributed by atoms with Crippen molar-refractivity contribution < 1.29 is 23.1 Å². The van der Waals surface area contributed by atoms with Gasteiger partial charge in [-0.25, -0.2) is 0 Å². The number of rotatable bonds is 16. The summed E-state index contributed by atoms with van der Waals surface area (Å²) in [6.07, 6.45) is 5.42. The summed E-state index contributed by atoms with van der Waals surface area (Å²) in [6, 6.07) is 2.48. The molecule has 0 spiro atoms. The number of hydrogen-bond donors (Lipinski definition) is 0. The molecule has 0 aromatic heterocycles. The molecule has 7 heteroatoms. The van der Waals surface area contributed by atoms with Gasteiger partial charge in [0.05, 0.1) is 38.6 Å². The van der Waals surface area contributed by atoms with Crippen LogP contribution in [0, 0.1) is 11.8 Å². The third-order valence-corrected chi connectivity index (χ3v) is 9.25. The molecule has 0 radical (unpaired) electrons. The summed E-state index contributed by atoms with van der Waals surface area (Å²) < 4.78 is 28.4. The topological polar surface area (TPSA) is 46.2 Å². The first-order chi connectivity index (χ1) is 12.3. The van der Waals surface area contributed by atoms with Crippen LogP contribution in [0.25, 0.3) is 0 Å². The molecule has 0 N–H and O–H groups in total. The molecule has 2 heterocycles. The van der Waals surface area contributed by atoms with Crippen molar-refractivity contribution in [2.24, 2.45) is 11.8 Å². The van der Waals surface area contributed by atoms with Gasteiger partial charge >= 0.3 is 0 Å². The zero-order valence-corrected chi connectivity index (χ0v) is 19.1. The van der Waals surface area contributed by atoms with Gasteiger partial charge in [0.1, 0.15) is 19.5 Å². The largest absolute Gasteiger partial charge is 0.465 e. The van der Waals surface area contributed by atoms with E-state index in [0.717, 1.165) is 64.3 Å². The molecule has 0 aromatic rings. The summed E-state index contributed by atoms with van der Waals surface area (Å²) in [5, 5.41) is 0. The van der Waals surface area contributed by atoms with Gasteiger partial charge in [0.25, 0.3) is 0 Å². The summed E-state index contributed by atoms with van der Waals surface area (Å²) >= 11 is 0. The van der Waals surface area contributed by atoms with E-state index in [4.69, 9.17) is 23.1 Å². The summed E-state index contributed by atoms with van der Waals surface area (Å²) in [5.74, 6) is 1.45. The molecule has 0 bridgehead atoms. The lowest BCUT2D eigenvalue weighted by atomic mass is 9.96. The second-order valence-electron chi connectivity index (χ2n) is 7.26. The minimum Gasteiger partial charge on any atom is -0.465 e. The van der Waals surface area contributed by atoms with E-state index >= 15 is 0 Å². The lowest BCUT2D eigenvalue weighted by Crippen LogP contribution is -2.42. The van der Waals surface area contributed by atoms with Crippen LogP contribution in [-0.4, -0.2) is 71.4 Å². The normalized spacial score (nSPS) is 29.5. The van der Waals surface area contributed by atoms with E-state index in [2.05, 4.69) is 13.8 Å². The quantitative estimate of drug-likeness (QED) is 0.296. The van der Waals surface area contributed by atoms with Gasteiger partial charge in [-0.15, -0.1) is 0 Å². The van der Waals surface area contributed by atoms with Gasteiger partial charge in [-0.05, 0) is 37.8 Å². The Morgan fingerprint density at radius 2 is 1.28 bits per heavy atom. The summed E-state index contributed by atoms with van der Waals surface area (Å²) in [5.41, 5.74) is 0. The lowest BCUT2D eigenvalue weighted by molar-refractivity contribution is -0.146. The smallest absolute Gasteiger partial charge is 0.146 e. The van der Waals surface area contributed by atoms with E-state index < -0.39 is 0 Å². The van der Waals surface area contributed by atoms with Crippen molar-refractivity contribution in [1.29, 1.82) is 0 Å². The van der Waals surface area contributed by atoms with Gasteiger partial charge in [0.15, 0.2) is 0 Å². The van der Waals surface area contributed by atoms with E-state index in [9.17, 15) is 0 Å². The van der Waals surface area contributed by atoms with E-state index in [1.807, 2.05) is 0 Å². The molecule has 2 rings (SSSR count). The molecule has 4 unspecified atom stereocenters. The van der Waals surface area contributed by atoms with Crippen LogP contribution in [0.1, 0.15) is 39.5 Å². The van der Waals surface area contributed by atoms with E-state index in [-0.39, 0.29) is 19.5 Å². The van der Waals surface area contributed by atoms with Gasteiger partial charge in [-0.3, -0.25) is 0 Å². The van der Waals surface area contributed by atoms with E-state index in [1.165, 1.54) is 24.9 Å². The predicted molar refractivity (Wildman–Crippen MR) is 106 cm³/mol. The lowest BCUT2D eigenvalue weighted by Gasteiger charge is -2.35. The SMILES string of the molecule is CCC1COC1COCCC[SiH2]O[SiH2]CCCOCC1OCC1CC. The Morgan fingerprint density at radius 1 is 0.800 bits per heavy atom. The minimum absolute atomic E-state index is 0.310. The van der Waals surface area contributed by atoms with Gasteiger partial charge < -0.3 is 23.1 Å². The van der Waals surface area contributed by atoms with Crippen molar-refractivity contribution >= 4 is 19.5 Å². The maximum absolute atomic E-state index is 5.94. The molecular weight excluding hydrogens is 352 g/mol. The van der Waals surface area contributed by atoms with Gasteiger partial charge in [-0.1, -0.05) is 13.8 Å². The van der Waals surface area contributed by atoms with Gasteiger partial charge in [0.2, 0.25) is 0 Å². The van der Waals surface area contributed by atoms with Crippen LogP contribution in [-0.2, 0) is 23.1 Å². The molecule has 2 aliphatic rings. The molecule has 5 nitrogen and oxygen atoms in total. The fraction of sp³-hybridized carbons (Fsp3) is 1.00. The first kappa shape index (κ1) is 21.5. The van der Waals surface area contributed by atoms with Crippen LogP contribution in [0.3, 0.4) is 0 Å². The number of hydrogen-bond acceptors (Lipinski definition) is 5. The Kier molecular flexibility index (Phi) is 11.5. The van der Waals surface area contributed by atoms with Crippen LogP contribution in [0.5, 0.6) is 0 Å². The zero-order chi connectivity index (χ0) is 17.7. The van der Waals surface area contributed by atoms with Crippen molar-refractivity contribution in [3.8, 4) is 0 Å². The van der Waals surface area contributed by atoms with Crippen LogP contribution < -0.4 is 0 Å². The molecule has 0 aliphatic carbocycles. The summed E-state index contributed by atoms with van der Waals surface area (Å²) in [4.78, 5) is 0. The van der Waals surface area contributed by atoms with E-state index in [1.54, 1.807) is 0 Å². The highest BCUT2D eigenvalue weighted by molar-refractivity contribution is 6.42. The Morgan fingerprint density at radius 3 is 1.64 bits per heavy atom. The molecule has 0 saturated carbocycles. The molecule has 2 aliphatic heterocycles. The van der Waals surface area contributed by atoms with Crippen molar-refractivity contribution in [2.45, 2.75) is 63.8 Å². The first-order valence-electron chi connectivity index (χ1n) is 10.3. The van der Waals surface area contributed by atoms with Gasteiger partial charge in [-0.2, -0.15) is 0 Å². The highest BCUT2D eigenvalue weighted by Crippen LogP contribution is 2.24. The zero-order valence-electron chi connectivity index (χ0n) is 16.3. The third-order valence-electron chi connectivity index (χ3n) is 5.37. The maximum atomic E-state index is 5.94. The van der Waals surface area contributed by atoms with Crippen molar-refractivity contribution in [1.82, 2.24) is 0 Å². The summed E-state index contributed by atoms with van der Waals surface area (Å²) in [7, 11) is -0.619. The molecule has 2 saturated heterocycles.